The molecule has 0 bridgehead atoms. The standard InChI is InChI=1S/C7H9ClN2O2/c1-3-7-6(8)4-10(9-7)12-5(2)11/h4H,3H2,1-2H3. The molecule has 4 nitrogen and oxygen atoms in total. The summed E-state index contributed by atoms with van der Waals surface area (Å²) in [6, 6.07) is 0. The van der Waals surface area contributed by atoms with Crippen molar-refractivity contribution in [3.05, 3.63) is 16.9 Å². The summed E-state index contributed by atoms with van der Waals surface area (Å²) in [6.07, 6.45) is 2.18. The highest BCUT2D eigenvalue weighted by molar-refractivity contribution is 6.31. The summed E-state index contributed by atoms with van der Waals surface area (Å²) < 4.78 is 0. The van der Waals surface area contributed by atoms with Gasteiger partial charge in [0.25, 0.3) is 0 Å². The van der Waals surface area contributed by atoms with E-state index in [1.165, 1.54) is 13.1 Å². The molecule has 0 N–H and O–H groups in total. The van der Waals surface area contributed by atoms with Crippen molar-refractivity contribution in [1.29, 1.82) is 0 Å². The van der Waals surface area contributed by atoms with E-state index in [0.717, 1.165) is 10.5 Å². The minimum absolute atomic E-state index is 0.420. The number of aryl methyl sites for hydroxylation is 1. The molecule has 0 saturated heterocycles. The van der Waals surface area contributed by atoms with E-state index in [1.807, 2.05) is 6.92 Å². The summed E-state index contributed by atoms with van der Waals surface area (Å²) in [5.74, 6) is -0.420. The molecular weight excluding hydrogens is 180 g/mol. The maximum absolute atomic E-state index is 10.5. The zero-order valence-electron chi connectivity index (χ0n) is 6.87. The molecule has 0 unspecified atom stereocenters. The fourth-order valence-electron chi connectivity index (χ4n) is 0.785. The van der Waals surface area contributed by atoms with Gasteiger partial charge < -0.3 is 4.84 Å². The lowest BCUT2D eigenvalue weighted by Crippen LogP contribution is -2.16. The molecule has 5 heteroatoms. The van der Waals surface area contributed by atoms with Crippen molar-refractivity contribution in [3.63, 3.8) is 0 Å². The number of aromatic nitrogens is 2. The summed E-state index contributed by atoms with van der Waals surface area (Å²) in [6.45, 7) is 3.23. The molecule has 12 heavy (non-hydrogen) atoms. The van der Waals surface area contributed by atoms with E-state index < -0.39 is 5.97 Å². The summed E-state index contributed by atoms with van der Waals surface area (Å²) in [7, 11) is 0. The fraction of sp³-hybridized carbons (Fsp3) is 0.429. The molecule has 66 valence electrons. The van der Waals surface area contributed by atoms with Crippen molar-refractivity contribution >= 4 is 17.6 Å². The molecule has 0 amide bonds. The van der Waals surface area contributed by atoms with Crippen LogP contribution < -0.4 is 4.84 Å². The topological polar surface area (TPSA) is 44.1 Å². The highest BCUT2D eigenvalue weighted by Gasteiger charge is 2.05. The van der Waals surface area contributed by atoms with Gasteiger partial charge in [-0.15, -0.1) is 5.10 Å². The van der Waals surface area contributed by atoms with Gasteiger partial charge in [-0.25, -0.2) is 4.79 Å². The zero-order chi connectivity index (χ0) is 9.14. The summed E-state index contributed by atoms with van der Waals surface area (Å²) >= 11 is 5.75. The minimum Gasteiger partial charge on any atom is -0.320 e. The van der Waals surface area contributed by atoms with Crippen LogP contribution in [0, 0.1) is 0 Å². The van der Waals surface area contributed by atoms with Crippen LogP contribution in [0.5, 0.6) is 0 Å². The molecule has 0 aliphatic heterocycles. The molecule has 0 aliphatic rings. The van der Waals surface area contributed by atoms with Crippen molar-refractivity contribution < 1.29 is 9.63 Å². The largest absolute Gasteiger partial charge is 0.331 e. The predicted molar refractivity (Wildman–Crippen MR) is 43.9 cm³/mol. The van der Waals surface area contributed by atoms with Crippen LogP contribution in [0.3, 0.4) is 0 Å². The summed E-state index contributed by atoms with van der Waals surface area (Å²) in [5, 5.41) is 4.42. The van der Waals surface area contributed by atoms with E-state index in [1.54, 1.807) is 0 Å². The highest BCUT2D eigenvalue weighted by Crippen LogP contribution is 2.12. The Hall–Kier alpha value is -1.03. The van der Waals surface area contributed by atoms with E-state index >= 15 is 0 Å². The van der Waals surface area contributed by atoms with Crippen LogP contribution in [0.2, 0.25) is 5.02 Å². The first-order valence-electron chi connectivity index (χ1n) is 3.56. The highest BCUT2D eigenvalue weighted by atomic mass is 35.5. The van der Waals surface area contributed by atoms with Crippen LogP contribution in [0.25, 0.3) is 0 Å². The quantitative estimate of drug-likeness (QED) is 0.698. The Morgan fingerprint density at radius 1 is 1.83 bits per heavy atom. The lowest BCUT2D eigenvalue weighted by atomic mass is 10.3. The van der Waals surface area contributed by atoms with Gasteiger partial charge in [-0.05, 0) is 6.42 Å². The first-order valence-corrected chi connectivity index (χ1v) is 3.94. The molecule has 0 atom stereocenters. The molecule has 0 aromatic carbocycles. The van der Waals surface area contributed by atoms with Crippen molar-refractivity contribution in [2.45, 2.75) is 20.3 Å². The Labute approximate surface area is 75.0 Å². The molecular formula is C7H9ClN2O2. The third kappa shape index (κ3) is 1.98. The molecule has 0 spiro atoms. The number of rotatable bonds is 2. The number of carbonyl (C=O) groups excluding carboxylic acids is 1. The number of carbonyl (C=O) groups is 1. The number of nitrogens with zero attached hydrogens (tertiary/aromatic N) is 2. The predicted octanol–water partition coefficient (Wildman–Crippen LogP) is 1.07. The Bertz CT molecular complexity index is 296. The second-order valence-electron chi connectivity index (χ2n) is 2.26. The molecule has 0 saturated carbocycles. The van der Waals surface area contributed by atoms with Gasteiger partial charge in [0.05, 0.1) is 16.9 Å². The molecule has 1 aromatic heterocycles. The van der Waals surface area contributed by atoms with Gasteiger partial charge in [0.15, 0.2) is 0 Å². The molecule has 0 fully saturated rings. The minimum atomic E-state index is -0.420. The smallest absolute Gasteiger partial charge is 0.320 e. The Morgan fingerprint density at radius 2 is 2.50 bits per heavy atom. The zero-order valence-corrected chi connectivity index (χ0v) is 7.63. The third-order valence-corrected chi connectivity index (χ3v) is 1.59. The second-order valence-corrected chi connectivity index (χ2v) is 2.67. The number of halogens is 1. The molecule has 0 radical (unpaired) electrons. The van der Waals surface area contributed by atoms with Crippen molar-refractivity contribution in [1.82, 2.24) is 9.94 Å². The SMILES string of the molecule is CCc1nn(OC(C)=O)cc1Cl. The lowest BCUT2D eigenvalue weighted by Gasteiger charge is -1.96. The van der Waals surface area contributed by atoms with Crippen LogP contribution in [-0.4, -0.2) is 15.9 Å². The molecule has 1 rings (SSSR count). The van der Waals surface area contributed by atoms with Gasteiger partial charge in [-0.3, -0.25) is 0 Å². The fourth-order valence-corrected chi connectivity index (χ4v) is 1.04. The van der Waals surface area contributed by atoms with Crippen LogP contribution in [-0.2, 0) is 11.2 Å². The van der Waals surface area contributed by atoms with E-state index in [-0.39, 0.29) is 0 Å². The molecule has 1 aromatic rings. The molecule has 0 aliphatic carbocycles. The van der Waals surface area contributed by atoms with Gasteiger partial charge >= 0.3 is 5.97 Å². The summed E-state index contributed by atoms with van der Waals surface area (Å²) in [5.41, 5.74) is 0.720. The van der Waals surface area contributed by atoms with Crippen LogP contribution in [0.4, 0.5) is 0 Å². The number of hydrogen-bond acceptors (Lipinski definition) is 3. The normalized spacial score (nSPS) is 9.92. The second kappa shape index (κ2) is 3.58. The van der Waals surface area contributed by atoms with Gasteiger partial charge in [0.1, 0.15) is 0 Å². The van der Waals surface area contributed by atoms with Gasteiger partial charge in [-0.1, -0.05) is 23.4 Å². The van der Waals surface area contributed by atoms with Crippen molar-refractivity contribution in [2.75, 3.05) is 0 Å². The van der Waals surface area contributed by atoms with Gasteiger partial charge in [0, 0.05) is 6.92 Å². The van der Waals surface area contributed by atoms with Crippen LogP contribution in [0.1, 0.15) is 19.5 Å². The average molecular weight is 189 g/mol. The van der Waals surface area contributed by atoms with E-state index in [9.17, 15) is 4.79 Å². The van der Waals surface area contributed by atoms with E-state index in [4.69, 9.17) is 11.6 Å². The Morgan fingerprint density at radius 3 is 2.92 bits per heavy atom. The first-order chi connectivity index (χ1) is 5.63. The first kappa shape index (κ1) is 9.06. The maximum atomic E-state index is 10.5. The maximum Gasteiger partial charge on any atom is 0.331 e. The van der Waals surface area contributed by atoms with E-state index in [2.05, 4.69) is 9.94 Å². The van der Waals surface area contributed by atoms with Crippen molar-refractivity contribution in [2.24, 2.45) is 0 Å². The summed E-state index contributed by atoms with van der Waals surface area (Å²) in [4.78, 5) is 16.2. The monoisotopic (exact) mass is 188 g/mol. The Kier molecular flexibility index (Phi) is 2.70. The third-order valence-electron chi connectivity index (χ3n) is 1.28. The van der Waals surface area contributed by atoms with Crippen LogP contribution >= 0.6 is 11.6 Å². The van der Waals surface area contributed by atoms with Crippen molar-refractivity contribution in [3.8, 4) is 0 Å². The Balaban J connectivity index is 2.82. The average Bonchev–Trinajstić information content (AvgIpc) is 2.29. The number of hydrogen-bond donors (Lipinski definition) is 0. The molecule has 1 heterocycles. The van der Waals surface area contributed by atoms with Gasteiger partial charge in [-0.2, -0.15) is 0 Å². The lowest BCUT2D eigenvalue weighted by molar-refractivity contribution is -0.143. The van der Waals surface area contributed by atoms with Gasteiger partial charge in [0.2, 0.25) is 0 Å². The van der Waals surface area contributed by atoms with Crippen LogP contribution in [0.15, 0.2) is 6.20 Å². The van der Waals surface area contributed by atoms with E-state index in [0.29, 0.717) is 11.4 Å².